The van der Waals surface area contributed by atoms with Gasteiger partial charge in [-0.2, -0.15) is 0 Å². The number of hydrogen-bond acceptors (Lipinski definition) is 4. The molecule has 1 rings (SSSR count). The molecule has 2 atom stereocenters. The van der Waals surface area contributed by atoms with Gasteiger partial charge in [-0.25, -0.2) is 0 Å². The molecule has 0 heterocycles. The van der Waals surface area contributed by atoms with E-state index in [9.17, 15) is 9.90 Å². The number of aliphatic hydroxyl groups is 1. The molecule has 3 N–H and O–H groups in total. The Labute approximate surface area is 113 Å². The molecule has 19 heavy (non-hydrogen) atoms. The van der Waals surface area contributed by atoms with E-state index in [4.69, 9.17) is 9.84 Å². The van der Waals surface area contributed by atoms with Crippen LogP contribution in [0.25, 0.3) is 0 Å². The average molecular weight is 267 g/mol. The van der Waals surface area contributed by atoms with E-state index in [-0.39, 0.29) is 19.1 Å². The number of para-hydroxylation sites is 1. The van der Waals surface area contributed by atoms with E-state index in [1.165, 1.54) is 0 Å². The summed E-state index contributed by atoms with van der Waals surface area (Å²) in [6.45, 7) is 3.95. The summed E-state index contributed by atoms with van der Waals surface area (Å²) in [6.07, 6.45) is -0.749. The van der Waals surface area contributed by atoms with Crippen molar-refractivity contribution in [3.8, 4) is 5.75 Å². The normalized spacial score (nSPS) is 14.1. The Bertz CT molecular complexity index is 380. The molecule has 5 heteroatoms. The van der Waals surface area contributed by atoms with Gasteiger partial charge in [0.25, 0.3) is 0 Å². The Balaban J connectivity index is 2.31. The van der Waals surface area contributed by atoms with Gasteiger partial charge in [-0.05, 0) is 18.1 Å². The van der Waals surface area contributed by atoms with Gasteiger partial charge in [0.2, 0.25) is 0 Å². The van der Waals surface area contributed by atoms with Crippen molar-refractivity contribution in [2.45, 2.75) is 26.0 Å². The summed E-state index contributed by atoms with van der Waals surface area (Å²) in [5.41, 5.74) is 0. The number of ether oxygens (including phenoxy) is 1. The highest BCUT2D eigenvalue weighted by Gasteiger charge is 2.21. The zero-order valence-corrected chi connectivity index (χ0v) is 11.2. The molecule has 0 amide bonds. The second-order valence-corrected chi connectivity index (χ2v) is 4.75. The molecule has 0 aliphatic carbocycles. The summed E-state index contributed by atoms with van der Waals surface area (Å²) < 4.78 is 5.38. The first-order valence-corrected chi connectivity index (χ1v) is 6.32. The monoisotopic (exact) mass is 267 g/mol. The largest absolute Gasteiger partial charge is 0.491 e. The van der Waals surface area contributed by atoms with E-state index in [0.29, 0.717) is 5.75 Å². The van der Waals surface area contributed by atoms with Gasteiger partial charge in [0, 0.05) is 6.54 Å². The smallest absolute Gasteiger partial charge is 0.320 e. The number of carbonyl (C=O) groups is 1. The van der Waals surface area contributed by atoms with Crippen LogP contribution >= 0.6 is 0 Å². The van der Waals surface area contributed by atoms with E-state index in [1.54, 1.807) is 12.1 Å². The van der Waals surface area contributed by atoms with Crippen molar-refractivity contribution < 1.29 is 19.7 Å². The molecule has 1 aromatic rings. The standard InChI is InChI=1S/C14H21NO4/c1-10(2)13(14(17)18)15-8-11(16)9-19-12-6-4-3-5-7-12/h3-7,10-11,13,15-16H,8-9H2,1-2H3,(H,17,18)/t11-,13-/m0/s1. The third-order valence-electron chi connectivity index (χ3n) is 2.69. The lowest BCUT2D eigenvalue weighted by Gasteiger charge is -2.20. The maximum atomic E-state index is 11.0. The van der Waals surface area contributed by atoms with E-state index < -0.39 is 18.1 Å². The molecule has 0 unspecified atom stereocenters. The van der Waals surface area contributed by atoms with Gasteiger partial charge in [-0.1, -0.05) is 32.0 Å². The van der Waals surface area contributed by atoms with Crippen LogP contribution in [0.15, 0.2) is 30.3 Å². The molecule has 0 saturated heterocycles. The predicted molar refractivity (Wildman–Crippen MR) is 72.2 cm³/mol. The number of rotatable bonds is 8. The van der Waals surface area contributed by atoms with Crippen LogP contribution in [0.3, 0.4) is 0 Å². The minimum absolute atomic E-state index is 0.0419. The van der Waals surface area contributed by atoms with Crippen molar-refractivity contribution >= 4 is 5.97 Å². The molecular formula is C14H21NO4. The average Bonchev–Trinajstić information content (AvgIpc) is 2.37. The van der Waals surface area contributed by atoms with Gasteiger partial charge in [-0.3, -0.25) is 4.79 Å². The van der Waals surface area contributed by atoms with Gasteiger partial charge in [-0.15, -0.1) is 0 Å². The molecule has 0 bridgehead atoms. The van der Waals surface area contributed by atoms with Crippen LogP contribution in [0, 0.1) is 5.92 Å². The van der Waals surface area contributed by atoms with Gasteiger partial charge in [0.15, 0.2) is 0 Å². The summed E-state index contributed by atoms with van der Waals surface area (Å²) in [4.78, 5) is 11.0. The maximum absolute atomic E-state index is 11.0. The van der Waals surface area contributed by atoms with Gasteiger partial charge >= 0.3 is 5.97 Å². The van der Waals surface area contributed by atoms with Crippen molar-refractivity contribution in [1.29, 1.82) is 0 Å². The van der Waals surface area contributed by atoms with E-state index >= 15 is 0 Å². The summed E-state index contributed by atoms with van der Waals surface area (Å²) in [6, 6.07) is 8.51. The Morgan fingerprint density at radius 1 is 1.32 bits per heavy atom. The topological polar surface area (TPSA) is 78.8 Å². The Morgan fingerprint density at radius 3 is 2.47 bits per heavy atom. The minimum atomic E-state index is -0.911. The second kappa shape index (κ2) is 7.76. The maximum Gasteiger partial charge on any atom is 0.320 e. The quantitative estimate of drug-likeness (QED) is 0.658. The molecule has 0 fully saturated rings. The predicted octanol–water partition coefficient (Wildman–Crippen LogP) is 1.13. The number of hydrogen-bond donors (Lipinski definition) is 3. The summed E-state index contributed by atoms with van der Waals surface area (Å²) in [5, 5.41) is 21.6. The van der Waals surface area contributed by atoms with Gasteiger partial charge in [0.05, 0.1) is 0 Å². The molecule has 0 aliphatic rings. The molecular weight excluding hydrogens is 246 g/mol. The van der Waals surface area contributed by atoms with Crippen LogP contribution in [0.2, 0.25) is 0 Å². The van der Waals surface area contributed by atoms with Crippen LogP contribution in [0.5, 0.6) is 5.75 Å². The molecule has 1 aromatic carbocycles. The third-order valence-corrected chi connectivity index (χ3v) is 2.69. The highest BCUT2D eigenvalue weighted by Crippen LogP contribution is 2.08. The van der Waals surface area contributed by atoms with Gasteiger partial charge in [0.1, 0.15) is 24.5 Å². The van der Waals surface area contributed by atoms with Crippen molar-refractivity contribution in [1.82, 2.24) is 5.32 Å². The lowest BCUT2D eigenvalue weighted by atomic mass is 10.0. The first-order valence-electron chi connectivity index (χ1n) is 6.32. The fraction of sp³-hybridized carbons (Fsp3) is 0.500. The first-order chi connectivity index (χ1) is 9.00. The molecule has 0 radical (unpaired) electrons. The Morgan fingerprint density at radius 2 is 1.95 bits per heavy atom. The number of benzene rings is 1. The fourth-order valence-corrected chi connectivity index (χ4v) is 1.64. The lowest BCUT2D eigenvalue weighted by Crippen LogP contribution is -2.45. The first kappa shape index (κ1) is 15.5. The van der Waals surface area contributed by atoms with Crippen molar-refractivity contribution in [3.05, 3.63) is 30.3 Å². The van der Waals surface area contributed by atoms with Crippen molar-refractivity contribution in [2.24, 2.45) is 5.92 Å². The molecule has 0 aromatic heterocycles. The van der Waals surface area contributed by atoms with Gasteiger partial charge < -0.3 is 20.3 Å². The molecule has 0 spiro atoms. The number of carboxylic acids is 1. The van der Waals surface area contributed by atoms with Crippen LogP contribution in [0.4, 0.5) is 0 Å². The van der Waals surface area contributed by atoms with Crippen LogP contribution in [0.1, 0.15) is 13.8 Å². The second-order valence-electron chi connectivity index (χ2n) is 4.75. The fourth-order valence-electron chi connectivity index (χ4n) is 1.64. The highest BCUT2D eigenvalue weighted by atomic mass is 16.5. The zero-order chi connectivity index (χ0) is 14.3. The van der Waals surface area contributed by atoms with Crippen LogP contribution in [-0.2, 0) is 4.79 Å². The minimum Gasteiger partial charge on any atom is -0.491 e. The third kappa shape index (κ3) is 5.72. The van der Waals surface area contributed by atoms with E-state index in [0.717, 1.165) is 0 Å². The lowest BCUT2D eigenvalue weighted by molar-refractivity contribution is -0.140. The van der Waals surface area contributed by atoms with E-state index in [1.807, 2.05) is 32.0 Å². The molecule has 106 valence electrons. The number of nitrogens with one attached hydrogen (secondary N) is 1. The summed E-state index contributed by atoms with van der Waals surface area (Å²) >= 11 is 0. The van der Waals surface area contributed by atoms with E-state index in [2.05, 4.69) is 5.32 Å². The SMILES string of the molecule is CC(C)[C@H](NC[C@H](O)COc1ccccc1)C(=O)O. The zero-order valence-electron chi connectivity index (χ0n) is 11.2. The number of aliphatic carboxylic acids is 1. The number of aliphatic hydroxyl groups excluding tert-OH is 1. The van der Waals surface area contributed by atoms with Crippen LogP contribution in [-0.4, -0.2) is 41.5 Å². The Kier molecular flexibility index (Phi) is 6.32. The Hall–Kier alpha value is -1.59. The molecule has 0 saturated carbocycles. The molecule has 0 aliphatic heterocycles. The molecule has 5 nitrogen and oxygen atoms in total. The summed E-state index contributed by atoms with van der Waals surface area (Å²) in [7, 11) is 0. The van der Waals surface area contributed by atoms with Crippen LogP contribution < -0.4 is 10.1 Å². The van der Waals surface area contributed by atoms with Crippen molar-refractivity contribution in [2.75, 3.05) is 13.2 Å². The van der Waals surface area contributed by atoms with Crippen molar-refractivity contribution in [3.63, 3.8) is 0 Å². The summed E-state index contributed by atoms with van der Waals surface area (Å²) in [5.74, 6) is -0.272. The highest BCUT2D eigenvalue weighted by molar-refractivity contribution is 5.73. The number of carboxylic acid groups (broad SMARTS) is 1.